The zero-order valence-electron chi connectivity index (χ0n) is 14.1. The van der Waals surface area contributed by atoms with Crippen molar-refractivity contribution in [2.75, 3.05) is 0 Å². The number of amides is 1. The number of carbonyl (C=O) groups excluding carboxylic acids is 1. The van der Waals surface area contributed by atoms with Crippen LogP contribution in [0.2, 0.25) is 0 Å². The summed E-state index contributed by atoms with van der Waals surface area (Å²) in [6.45, 7) is 10.1. The zero-order chi connectivity index (χ0) is 17.1. The molecule has 0 aliphatic rings. The van der Waals surface area contributed by atoms with Crippen molar-refractivity contribution in [2.24, 2.45) is 0 Å². The van der Waals surface area contributed by atoms with Crippen molar-refractivity contribution < 1.29 is 4.79 Å². The topological polar surface area (TPSA) is 76.9 Å². The second-order valence-electron chi connectivity index (χ2n) is 5.90. The van der Waals surface area contributed by atoms with Gasteiger partial charge in [0.2, 0.25) is 5.91 Å². The first-order chi connectivity index (χ1) is 10.8. The Bertz CT molecular complexity index is 777. The summed E-state index contributed by atoms with van der Waals surface area (Å²) in [6.07, 6.45) is 0. The molecule has 2 rings (SSSR count). The number of hydrogen-bond acceptors (Lipinski definition) is 5. The molecular weight excluding hydrogens is 312 g/mol. The summed E-state index contributed by atoms with van der Waals surface area (Å²) in [4.78, 5) is 29.5. The molecule has 0 saturated heterocycles. The number of aromatic nitrogens is 3. The Balaban J connectivity index is 2.01. The van der Waals surface area contributed by atoms with Crippen molar-refractivity contribution in [3.8, 4) is 0 Å². The molecule has 6 nitrogen and oxygen atoms in total. The summed E-state index contributed by atoms with van der Waals surface area (Å²) in [5.74, 6) is 0.142. The molecular formula is C16H22N4O2S. The van der Waals surface area contributed by atoms with Crippen LogP contribution >= 0.6 is 11.3 Å². The van der Waals surface area contributed by atoms with Gasteiger partial charge in [-0.25, -0.2) is 9.67 Å². The molecule has 0 aliphatic heterocycles. The summed E-state index contributed by atoms with van der Waals surface area (Å²) < 4.78 is 1.19. The second kappa shape index (κ2) is 7.04. The molecule has 124 valence electrons. The van der Waals surface area contributed by atoms with Crippen molar-refractivity contribution in [1.82, 2.24) is 20.1 Å². The van der Waals surface area contributed by atoms with Gasteiger partial charge in [0.05, 0.1) is 22.9 Å². The lowest BCUT2D eigenvalue weighted by Crippen LogP contribution is -2.33. The van der Waals surface area contributed by atoms with Crippen LogP contribution in [-0.2, 0) is 17.9 Å². The van der Waals surface area contributed by atoms with E-state index in [-0.39, 0.29) is 18.0 Å². The molecule has 0 saturated carbocycles. The first-order valence-corrected chi connectivity index (χ1v) is 8.38. The first kappa shape index (κ1) is 17.3. The van der Waals surface area contributed by atoms with Crippen LogP contribution in [-0.4, -0.2) is 20.7 Å². The molecule has 0 radical (unpaired) electrons. The predicted molar refractivity (Wildman–Crippen MR) is 90.8 cm³/mol. The average Bonchev–Trinajstić information content (AvgIpc) is 2.84. The molecule has 23 heavy (non-hydrogen) atoms. The largest absolute Gasteiger partial charge is 0.350 e. The molecule has 1 N–H and O–H groups in total. The molecule has 0 aromatic carbocycles. The maximum Gasteiger partial charge on any atom is 0.267 e. The number of carbonyl (C=O) groups is 1. The molecule has 7 heteroatoms. The van der Waals surface area contributed by atoms with Gasteiger partial charge < -0.3 is 5.32 Å². The molecule has 0 aliphatic carbocycles. The third kappa shape index (κ3) is 4.25. The summed E-state index contributed by atoms with van der Waals surface area (Å²) in [5, 5.41) is 8.05. The van der Waals surface area contributed by atoms with E-state index in [1.165, 1.54) is 10.7 Å². The maximum atomic E-state index is 12.1. The Morgan fingerprint density at radius 1 is 1.30 bits per heavy atom. The Hall–Kier alpha value is -2.02. The van der Waals surface area contributed by atoms with Gasteiger partial charge in [0.25, 0.3) is 5.56 Å². The van der Waals surface area contributed by atoms with Crippen LogP contribution in [0.4, 0.5) is 0 Å². The molecule has 0 atom stereocenters. The molecule has 2 aromatic heterocycles. The van der Waals surface area contributed by atoms with Crippen LogP contribution in [0.25, 0.3) is 0 Å². The molecule has 0 unspecified atom stereocenters. The van der Waals surface area contributed by atoms with Gasteiger partial charge in [-0.2, -0.15) is 5.10 Å². The quantitative estimate of drug-likeness (QED) is 0.908. The first-order valence-electron chi connectivity index (χ1n) is 7.56. The molecule has 0 spiro atoms. The van der Waals surface area contributed by atoms with E-state index in [4.69, 9.17) is 0 Å². The fourth-order valence-electron chi connectivity index (χ4n) is 2.02. The SMILES string of the molecule is Cc1cc(=O)n(CC(=O)NCc2sc(C(C)C)nc2C)nc1C. The highest BCUT2D eigenvalue weighted by atomic mass is 32.1. The fourth-order valence-corrected chi connectivity index (χ4v) is 3.03. The minimum absolute atomic E-state index is 0.0746. The fraction of sp³-hybridized carbons (Fsp3) is 0.500. The van der Waals surface area contributed by atoms with Crippen LogP contribution in [0, 0.1) is 20.8 Å². The third-order valence-corrected chi connectivity index (χ3v) is 5.04. The Kier molecular flexibility index (Phi) is 5.30. The number of aryl methyl sites for hydroxylation is 3. The van der Waals surface area contributed by atoms with Crippen molar-refractivity contribution in [2.45, 2.75) is 53.6 Å². The Morgan fingerprint density at radius 3 is 2.61 bits per heavy atom. The van der Waals surface area contributed by atoms with Gasteiger partial charge in [-0.05, 0) is 26.3 Å². The van der Waals surface area contributed by atoms with Gasteiger partial charge in [0.15, 0.2) is 0 Å². The Morgan fingerprint density at radius 2 is 2.00 bits per heavy atom. The van der Waals surface area contributed by atoms with Crippen molar-refractivity contribution in [3.63, 3.8) is 0 Å². The van der Waals surface area contributed by atoms with E-state index >= 15 is 0 Å². The van der Waals surface area contributed by atoms with Crippen LogP contribution in [0.5, 0.6) is 0 Å². The molecule has 0 fully saturated rings. The van der Waals surface area contributed by atoms with E-state index in [9.17, 15) is 9.59 Å². The van der Waals surface area contributed by atoms with Crippen LogP contribution in [0.3, 0.4) is 0 Å². The lowest BCUT2D eigenvalue weighted by molar-refractivity contribution is -0.122. The number of nitrogens with zero attached hydrogens (tertiary/aromatic N) is 3. The van der Waals surface area contributed by atoms with Gasteiger partial charge in [-0.1, -0.05) is 13.8 Å². The monoisotopic (exact) mass is 334 g/mol. The minimum atomic E-state index is -0.265. The van der Waals surface area contributed by atoms with Crippen molar-refractivity contribution in [3.05, 3.63) is 43.3 Å². The van der Waals surface area contributed by atoms with Crippen LogP contribution < -0.4 is 10.9 Å². The standard InChI is InChI=1S/C16H22N4O2S/c1-9(2)16-18-12(5)13(23-16)7-17-14(21)8-20-15(22)6-10(3)11(4)19-20/h6,9H,7-8H2,1-5H3,(H,17,21). The summed E-state index contributed by atoms with van der Waals surface area (Å²) in [5.41, 5.74) is 2.25. The van der Waals surface area contributed by atoms with Gasteiger partial charge in [-0.15, -0.1) is 11.3 Å². The third-order valence-electron chi connectivity index (χ3n) is 3.58. The van der Waals surface area contributed by atoms with E-state index in [1.807, 2.05) is 20.8 Å². The molecule has 0 bridgehead atoms. The van der Waals surface area contributed by atoms with E-state index in [2.05, 4.69) is 29.2 Å². The number of hydrogen-bond donors (Lipinski definition) is 1. The van der Waals surface area contributed by atoms with Crippen molar-refractivity contribution in [1.29, 1.82) is 0 Å². The summed E-state index contributed by atoms with van der Waals surface area (Å²) in [6, 6.07) is 1.50. The van der Waals surface area contributed by atoms with Gasteiger partial charge in [0, 0.05) is 16.9 Å². The smallest absolute Gasteiger partial charge is 0.267 e. The normalized spacial score (nSPS) is 11.0. The maximum absolute atomic E-state index is 12.1. The highest BCUT2D eigenvalue weighted by molar-refractivity contribution is 7.11. The van der Waals surface area contributed by atoms with Gasteiger partial charge >= 0.3 is 0 Å². The number of nitrogens with one attached hydrogen (secondary N) is 1. The van der Waals surface area contributed by atoms with Crippen molar-refractivity contribution >= 4 is 17.2 Å². The minimum Gasteiger partial charge on any atom is -0.350 e. The zero-order valence-corrected chi connectivity index (χ0v) is 15.0. The molecule has 2 heterocycles. The summed E-state index contributed by atoms with van der Waals surface area (Å²) in [7, 11) is 0. The van der Waals surface area contributed by atoms with E-state index in [1.54, 1.807) is 11.3 Å². The number of rotatable bonds is 5. The van der Waals surface area contributed by atoms with Crippen LogP contribution in [0.15, 0.2) is 10.9 Å². The summed E-state index contributed by atoms with van der Waals surface area (Å²) >= 11 is 1.61. The lowest BCUT2D eigenvalue weighted by Gasteiger charge is -2.08. The van der Waals surface area contributed by atoms with Gasteiger partial charge in [0.1, 0.15) is 6.54 Å². The van der Waals surface area contributed by atoms with E-state index < -0.39 is 0 Å². The highest BCUT2D eigenvalue weighted by Crippen LogP contribution is 2.24. The second-order valence-corrected chi connectivity index (χ2v) is 7.02. The molecule has 1 amide bonds. The van der Waals surface area contributed by atoms with Crippen LogP contribution in [0.1, 0.15) is 46.6 Å². The van der Waals surface area contributed by atoms with E-state index in [0.29, 0.717) is 12.5 Å². The lowest BCUT2D eigenvalue weighted by atomic mass is 10.2. The van der Waals surface area contributed by atoms with Gasteiger partial charge in [-0.3, -0.25) is 9.59 Å². The Labute approximate surface area is 139 Å². The average molecular weight is 334 g/mol. The van der Waals surface area contributed by atoms with E-state index in [0.717, 1.165) is 26.8 Å². The molecule has 2 aromatic rings. The number of thiazole rings is 1. The predicted octanol–water partition coefficient (Wildman–Crippen LogP) is 2.06. The highest BCUT2D eigenvalue weighted by Gasteiger charge is 2.12.